The fraction of sp³-hybridized carbons (Fsp3) is 0.833. The van der Waals surface area contributed by atoms with Crippen molar-refractivity contribution in [1.82, 2.24) is 5.32 Å². The maximum Gasteiger partial charge on any atom is 0.207 e. The molecule has 0 aromatic carbocycles. The molecule has 1 atom stereocenters. The van der Waals surface area contributed by atoms with E-state index in [4.69, 9.17) is 0 Å². The van der Waals surface area contributed by atoms with Crippen molar-refractivity contribution in [3.8, 4) is 0 Å². The average molecular weight is 115 g/mol. The molecule has 0 saturated heterocycles. The van der Waals surface area contributed by atoms with Crippen LogP contribution in [-0.4, -0.2) is 13.0 Å². The van der Waals surface area contributed by atoms with Crippen molar-refractivity contribution in [2.45, 2.75) is 20.3 Å². The van der Waals surface area contributed by atoms with Gasteiger partial charge in [0.2, 0.25) is 6.41 Å². The second kappa shape index (κ2) is 4.62. The molecule has 0 aliphatic heterocycles. The Morgan fingerprint density at radius 3 is 2.75 bits per heavy atom. The molecule has 0 fully saturated rings. The van der Waals surface area contributed by atoms with Crippen LogP contribution in [0.2, 0.25) is 0 Å². The van der Waals surface area contributed by atoms with Crippen molar-refractivity contribution in [3.05, 3.63) is 0 Å². The minimum absolute atomic E-state index is 0.611. The van der Waals surface area contributed by atoms with Crippen molar-refractivity contribution >= 4 is 6.41 Å². The van der Waals surface area contributed by atoms with Crippen LogP contribution in [0, 0.1) is 5.92 Å². The fourth-order valence-corrected chi connectivity index (χ4v) is 0.394. The van der Waals surface area contributed by atoms with Crippen LogP contribution in [-0.2, 0) is 4.79 Å². The van der Waals surface area contributed by atoms with Crippen LogP contribution in [0.25, 0.3) is 0 Å². The third-order valence-electron chi connectivity index (χ3n) is 1.25. The highest BCUT2D eigenvalue weighted by molar-refractivity contribution is 5.45. The number of nitrogens with one attached hydrogen (secondary N) is 1. The van der Waals surface area contributed by atoms with Gasteiger partial charge in [-0.05, 0) is 5.92 Å². The number of carbonyl (C=O) groups excluding carboxylic acids is 1. The van der Waals surface area contributed by atoms with Crippen molar-refractivity contribution in [2.75, 3.05) is 6.54 Å². The Hall–Kier alpha value is -0.530. The SMILES string of the molecule is CCC(C)CNC=O. The number of carbonyl (C=O) groups is 1. The van der Waals surface area contributed by atoms with E-state index in [1.54, 1.807) is 0 Å². The molecule has 0 spiro atoms. The number of hydrogen-bond donors (Lipinski definition) is 1. The largest absolute Gasteiger partial charge is 0.358 e. The first kappa shape index (κ1) is 7.47. The summed E-state index contributed by atoms with van der Waals surface area (Å²) in [6.45, 7) is 5.02. The molecule has 0 aliphatic carbocycles. The van der Waals surface area contributed by atoms with Crippen molar-refractivity contribution in [1.29, 1.82) is 0 Å². The van der Waals surface area contributed by atoms with E-state index >= 15 is 0 Å². The third-order valence-corrected chi connectivity index (χ3v) is 1.25. The molecule has 0 aromatic rings. The molecule has 0 aliphatic rings. The summed E-state index contributed by atoms with van der Waals surface area (Å²) < 4.78 is 0. The summed E-state index contributed by atoms with van der Waals surface area (Å²) in [4.78, 5) is 9.71. The van der Waals surface area contributed by atoms with E-state index in [9.17, 15) is 4.79 Å². The standard InChI is InChI=1S/C6H13NO/c1-3-6(2)4-7-5-8/h5-6H,3-4H2,1-2H3,(H,7,8). The molecule has 2 nitrogen and oxygen atoms in total. The summed E-state index contributed by atoms with van der Waals surface area (Å²) in [5, 5.41) is 2.62. The van der Waals surface area contributed by atoms with Gasteiger partial charge < -0.3 is 5.32 Å². The van der Waals surface area contributed by atoms with E-state index in [1.165, 1.54) is 0 Å². The summed E-state index contributed by atoms with van der Waals surface area (Å²) in [5.41, 5.74) is 0. The third kappa shape index (κ3) is 3.65. The zero-order valence-electron chi connectivity index (χ0n) is 5.48. The molecule has 1 unspecified atom stereocenters. The minimum atomic E-state index is 0.611. The van der Waals surface area contributed by atoms with Gasteiger partial charge >= 0.3 is 0 Å². The lowest BCUT2D eigenvalue weighted by atomic mass is 10.1. The normalized spacial score (nSPS) is 12.8. The Bertz CT molecular complexity index is 63.5. The van der Waals surface area contributed by atoms with E-state index in [2.05, 4.69) is 19.2 Å². The molecule has 2 heteroatoms. The Morgan fingerprint density at radius 2 is 2.38 bits per heavy atom. The van der Waals surface area contributed by atoms with Crippen molar-refractivity contribution < 1.29 is 4.79 Å². The summed E-state index contributed by atoms with van der Waals surface area (Å²) in [7, 11) is 0. The first-order valence-electron chi connectivity index (χ1n) is 2.98. The van der Waals surface area contributed by atoms with Crippen LogP contribution < -0.4 is 5.32 Å². The quantitative estimate of drug-likeness (QED) is 0.539. The molecular weight excluding hydrogens is 102 g/mol. The van der Waals surface area contributed by atoms with Gasteiger partial charge in [-0.1, -0.05) is 20.3 Å². The average Bonchev–Trinajstić information content (AvgIpc) is 1.83. The number of rotatable bonds is 4. The van der Waals surface area contributed by atoms with Gasteiger partial charge in [-0.3, -0.25) is 4.79 Å². The van der Waals surface area contributed by atoms with Gasteiger partial charge in [0, 0.05) is 6.54 Å². The van der Waals surface area contributed by atoms with E-state index < -0.39 is 0 Å². The molecule has 1 N–H and O–H groups in total. The topological polar surface area (TPSA) is 29.1 Å². The van der Waals surface area contributed by atoms with Gasteiger partial charge in [-0.15, -0.1) is 0 Å². The maximum atomic E-state index is 9.71. The zero-order valence-corrected chi connectivity index (χ0v) is 5.48. The Morgan fingerprint density at radius 1 is 1.75 bits per heavy atom. The summed E-state index contributed by atoms with van der Waals surface area (Å²) in [5.74, 6) is 0.611. The predicted octanol–water partition coefficient (Wildman–Crippen LogP) is 0.778. The number of hydrogen-bond acceptors (Lipinski definition) is 1. The molecule has 0 radical (unpaired) electrons. The first-order chi connectivity index (χ1) is 3.81. The molecule has 0 saturated carbocycles. The maximum absolute atomic E-state index is 9.71. The van der Waals surface area contributed by atoms with Crippen LogP contribution in [0.5, 0.6) is 0 Å². The molecule has 48 valence electrons. The highest BCUT2D eigenvalue weighted by Crippen LogP contribution is 1.95. The van der Waals surface area contributed by atoms with Crippen LogP contribution in [0.1, 0.15) is 20.3 Å². The molecule has 0 bridgehead atoms. The van der Waals surface area contributed by atoms with Gasteiger partial charge in [0.25, 0.3) is 0 Å². The van der Waals surface area contributed by atoms with Gasteiger partial charge in [-0.25, -0.2) is 0 Å². The lowest BCUT2D eigenvalue weighted by Gasteiger charge is -2.04. The van der Waals surface area contributed by atoms with Crippen molar-refractivity contribution in [2.24, 2.45) is 5.92 Å². The van der Waals surface area contributed by atoms with E-state index in [0.29, 0.717) is 5.92 Å². The smallest absolute Gasteiger partial charge is 0.207 e. The van der Waals surface area contributed by atoms with Crippen LogP contribution in [0.4, 0.5) is 0 Å². The van der Waals surface area contributed by atoms with Gasteiger partial charge in [0.05, 0.1) is 0 Å². The summed E-state index contributed by atoms with van der Waals surface area (Å²) in [6, 6.07) is 0. The summed E-state index contributed by atoms with van der Waals surface area (Å²) >= 11 is 0. The van der Waals surface area contributed by atoms with E-state index in [-0.39, 0.29) is 0 Å². The molecular formula is C6H13NO. The first-order valence-corrected chi connectivity index (χ1v) is 2.98. The monoisotopic (exact) mass is 115 g/mol. The lowest BCUT2D eigenvalue weighted by molar-refractivity contribution is -0.109. The summed E-state index contributed by atoms with van der Waals surface area (Å²) in [6.07, 6.45) is 1.87. The molecule has 0 heterocycles. The van der Waals surface area contributed by atoms with Crippen LogP contribution >= 0.6 is 0 Å². The Balaban J connectivity index is 2.97. The minimum Gasteiger partial charge on any atom is -0.358 e. The molecule has 0 aromatic heterocycles. The van der Waals surface area contributed by atoms with Gasteiger partial charge in [0.15, 0.2) is 0 Å². The highest BCUT2D eigenvalue weighted by Gasteiger charge is 1.93. The van der Waals surface area contributed by atoms with Crippen LogP contribution in [0.15, 0.2) is 0 Å². The van der Waals surface area contributed by atoms with E-state index in [0.717, 1.165) is 19.4 Å². The second-order valence-electron chi connectivity index (χ2n) is 2.04. The Labute approximate surface area is 50.3 Å². The Kier molecular flexibility index (Phi) is 4.32. The molecule has 0 rings (SSSR count). The molecule has 8 heavy (non-hydrogen) atoms. The zero-order chi connectivity index (χ0) is 6.41. The molecule has 1 amide bonds. The van der Waals surface area contributed by atoms with Crippen molar-refractivity contribution in [3.63, 3.8) is 0 Å². The van der Waals surface area contributed by atoms with Crippen LogP contribution in [0.3, 0.4) is 0 Å². The second-order valence-corrected chi connectivity index (χ2v) is 2.04. The number of amides is 1. The van der Waals surface area contributed by atoms with Gasteiger partial charge in [-0.2, -0.15) is 0 Å². The fourth-order valence-electron chi connectivity index (χ4n) is 0.394. The lowest BCUT2D eigenvalue weighted by Crippen LogP contribution is -2.18. The highest BCUT2D eigenvalue weighted by atomic mass is 16.1. The van der Waals surface area contributed by atoms with Gasteiger partial charge in [0.1, 0.15) is 0 Å². The van der Waals surface area contributed by atoms with E-state index in [1.807, 2.05) is 0 Å². The predicted molar refractivity (Wildman–Crippen MR) is 33.5 cm³/mol.